The van der Waals surface area contributed by atoms with Crippen molar-refractivity contribution in [2.45, 2.75) is 10.8 Å². The van der Waals surface area contributed by atoms with E-state index in [0.29, 0.717) is 12.4 Å². The summed E-state index contributed by atoms with van der Waals surface area (Å²) >= 11 is 13.6. The zero-order valence-electron chi connectivity index (χ0n) is 18.7. The summed E-state index contributed by atoms with van der Waals surface area (Å²) in [6.07, 6.45) is 0. The van der Waals surface area contributed by atoms with E-state index in [0.717, 1.165) is 33.8 Å². The number of esters is 1. The van der Waals surface area contributed by atoms with Crippen LogP contribution in [0.4, 0.5) is 0 Å². The number of benzene rings is 3. The van der Waals surface area contributed by atoms with Crippen LogP contribution in [0.15, 0.2) is 77.7 Å². The first kappa shape index (κ1) is 25.4. The summed E-state index contributed by atoms with van der Waals surface area (Å²) in [5, 5.41) is 1.45. The first-order valence-corrected chi connectivity index (χ1v) is 12.3. The van der Waals surface area contributed by atoms with E-state index in [1.54, 1.807) is 0 Å². The van der Waals surface area contributed by atoms with Crippen LogP contribution < -0.4 is 4.74 Å². The molecule has 7 heteroatoms. The lowest BCUT2D eigenvalue weighted by Gasteiger charge is -2.25. The summed E-state index contributed by atoms with van der Waals surface area (Å²) < 4.78 is 10.6. The van der Waals surface area contributed by atoms with E-state index in [9.17, 15) is 4.79 Å². The van der Waals surface area contributed by atoms with Crippen molar-refractivity contribution in [1.82, 2.24) is 4.90 Å². The number of nitrogens with zero attached hydrogens (tertiary/aromatic N) is 1. The maximum absolute atomic E-state index is 11.3. The average Bonchev–Trinajstić information content (AvgIpc) is 2.83. The number of thioether (sulfide) groups is 1. The van der Waals surface area contributed by atoms with Gasteiger partial charge in [0.05, 0.1) is 12.9 Å². The van der Waals surface area contributed by atoms with Gasteiger partial charge in [-0.3, -0.25) is 4.79 Å². The van der Waals surface area contributed by atoms with Crippen molar-refractivity contribution in [1.29, 1.82) is 0 Å². The second-order valence-electron chi connectivity index (χ2n) is 7.60. The molecular formula is C26H27Cl2NO3S. The molecule has 33 heavy (non-hydrogen) atoms. The largest absolute Gasteiger partial charge is 0.492 e. The molecule has 174 valence electrons. The normalized spacial score (nSPS) is 11.1. The predicted octanol–water partition coefficient (Wildman–Crippen LogP) is 6.40. The molecule has 4 nitrogen and oxygen atoms in total. The molecule has 0 unspecified atom stereocenters. The lowest BCUT2D eigenvalue weighted by Crippen LogP contribution is -2.29. The molecule has 0 atom stereocenters. The van der Waals surface area contributed by atoms with Crippen LogP contribution in [0.1, 0.15) is 17.0 Å². The van der Waals surface area contributed by atoms with Gasteiger partial charge in [0.25, 0.3) is 0 Å². The van der Waals surface area contributed by atoms with E-state index in [1.807, 2.05) is 48.5 Å². The highest BCUT2D eigenvalue weighted by atomic mass is 35.5. The van der Waals surface area contributed by atoms with Gasteiger partial charge < -0.3 is 14.4 Å². The molecular weight excluding hydrogens is 477 g/mol. The first-order valence-electron chi connectivity index (χ1n) is 10.6. The van der Waals surface area contributed by atoms with E-state index in [1.165, 1.54) is 30.0 Å². The Bertz CT molecular complexity index is 966. The molecule has 0 spiro atoms. The molecule has 0 aliphatic rings. The Morgan fingerprint density at radius 1 is 0.909 bits per heavy atom. The molecule has 0 saturated carbocycles. The molecule has 0 aliphatic carbocycles. The summed E-state index contributed by atoms with van der Waals surface area (Å²) in [5.41, 5.74) is 2.41. The molecule has 3 aromatic carbocycles. The van der Waals surface area contributed by atoms with Gasteiger partial charge in [-0.25, -0.2) is 0 Å². The molecule has 0 saturated heterocycles. The van der Waals surface area contributed by atoms with Crippen LogP contribution in [-0.2, 0) is 9.53 Å². The maximum Gasteiger partial charge on any atom is 0.315 e. The fourth-order valence-electron chi connectivity index (χ4n) is 3.35. The Labute approximate surface area is 209 Å². The third-order valence-electron chi connectivity index (χ3n) is 5.19. The number of carbonyl (C=O) groups is 1. The third kappa shape index (κ3) is 8.27. The van der Waals surface area contributed by atoms with Gasteiger partial charge >= 0.3 is 5.97 Å². The van der Waals surface area contributed by atoms with E-state index in [-0.39, 0.29) is 11.9 Å². The SMILES string of the molecule is COC(=O)CSc1ccc(OCCN(C)CC(c2ccc(Cl)cc2)c2ccc(Cl)cc2)cc1. The minimum Gasteiger partial charge on any atom is -0.492 e. The van der Waals surface area contributed by atoms with Gasteiger partial charge in [-0.1, -0.05) is 47.5 Å². The van der Waals surface area contributed by atoms with Crippen molar-refractivity contribution in [3.05, 3.63) is 94.0 Å². The first-order chi connectivity index (χ1) is 15.9. The molecule has 0 heterocycles. The standard InChI is InChI=1S/C26H27Cl2NO3S/c1-29(15-16-32-23-11-13-24(14-12-23)33-18-26(30)31-2)17-25(19-3-7-21(27)8-4-19)20-5-9-22(28)10-6-20/h3-14,25H,15-18H2,1-2H3. The third-order valence-corrected chi connectivity index (χ3v) is 6.68. The van der Waals surface area contributed by atoms with Gasteiger partial charge in [0, 0.05) is 33.9 Å². The Hall–Kier alpha value is -2.18. The fourth-order valence-corrected chi connectivity index (χ4v) is 4.33. The number of rotatable bonds is 11. The molecule has 3 rings (SSSR count). The number of carbonyl (C=O) groups excluding carboxylic acids is 1. The number of likely N-dealkylation sites (N-methyl/N-ethyl adjacent to an activating group) is 1. The van der Waals surface area contributed by atoms with Gasteiger partial charge in [0.2, 0.25) is 0 Å². The topological polar surface area (TPSA) is 38.8 Å². The van der Waals surface area contributed by atoms with Crippen LogP contribution in [0.5, 0.6) is 5.75 Å². The van der Waals surface area contributed by atoms with Gasteiger partial charge in [-0.15, -0.1) is 11.8 Å². The summed E-state index contributed by atoms with van der Waals surface area (Å²) in [5.74, 6) is 1.05. The molecule has 0 radical (unpaired) electrons. The molecule has 0 aromatic heterocycles. The second-order valence-corrected chi connectivity index (χ2v) is 9.52. The van der Waals surface area contributed by atoms with Crippen LogP contribution in [0, 0.1) is 0 Å². The Kier molecular flexibility index (Phi) is 9.95. The van der Waals surface area contributed by atoms with Crippen molar-refractivity contribution < 1.29 is 14.3 Å². The zero-order valence-corrected chi connectivity index (χ0v) is 21.0. The van der Waals surface area contributed by atoms with Crippen LogP contribution in [0.2, 0.25) is 10.0 Å². The number of methoxy groups -OCH3 is 1. The molecule has 0 amide bonds. The summed E-state index contributed by atoms with van der Waals surface area (Å²) in [4.78, 5) is 14.5. The molecule has 0 fully saturated rings. The van der Waals surface area contributed by atoms with E-state index >= 15 is 0 Å². The summed E-state index contributed by atoms with van der Waals surface area (Å²) in [6, 6.07) is 23.7. The van der Waals surface area contributed by atoms with Crippen molar-refractivity contribution >= 4 is 40.9 Å². The maximum atomic E-state index is 11.3. The van der Waals surface area contributed by atoms with Crippen molar-refractivity contribution in [2.24, 2.45) is 0 Å². The Morgan fingerprint density at radius 3 is 1.97 bits per heavy atom. The fraction of sp³-hybridized carbons (Fsp3) is 0.269. The van der Waals surface area contributed by atoms with E-state index < -0.39 is 0 Å². The minimum absolute atomic E-state index is 0.190. The number of hydrogen-bond acceptors (Lipinski definition) is 5. The lowest BCUT2D eigenvalue weighted by atomic mass is 9.91. The summed E-state index contributed by atoms with van der Waals surface area (Å²) in [6.45, 7) is 2.17. The predicted molar refractivity (Wildman–Crippen MR) is 137 cm³/mol. The highest BCUT2D eigenvalue weighted by molar-refractivity contribution is 8.00. The van der Waals surface area contributed by atoms with Crippen LogP contribution in [0.3, 0.4) is 0 Å². The molecule has 0 N–H and O–H groups in total. The van der Waals surface area contributed by atoms with Crippen molar-refractivity contribution in [3.63, 3.8) is 0 Å². The molecule has 0 aliphatic heterocycles. The lowest BCUT2D eigenvalue weighted by molar-refractivity contribution is -0.137. The van der Waals surface area contributed by atoms with Crippen molar-refractivity contribution in [3.8, 4) is 5.75 Å². The van der Waals surface area contributed by atoms with Gasteiger partial charge in [-0.2, -0.15) is 0 Å². The minimum atomic E-state index is -0.237. The zero-order chi connectivity index (χ0) is 23.6. The highest BCUT2D eigenvalue weighted by Gasteiger charge is 2.17. The smallest absolute Gasteiger partial charge is 0.315 e. The van der Waals surface area contributed by atoms with Gasteiger partial charge in [0.15, 0.2) is 0 Å². The van der Waals surface area contributed by atoms with Gasteiger partial charge in [-0.05, 0) is 66.7 Å². The second kappa shape index (κ2) is 12.9. The van der Waals surface area contributed by atoms with Crippen LogP contribution in [-0.4, -0.2) is 50.5 Å². The average molecular weight is 504 g/mol. The Morgan fingerprint density at radius 2 is 1.45 bits per heavy atom. The Balaban J connectivity index is 1.54. The van der Waals surface area contributed by atoms with Crippen LogP contribution >= 0.6 is 35.0 Å². The van der Waals surface area contributed by atoms with Crippen LogP contribution in [0.25, 0.3) is 0 Å². The van der Waals surface area contributed by atoms with Gasteiger partial charge in [0.1, 0.15) is 12.4 Å². The monoisotopic (exact) mass is 503 g/mol. The number of ether oxygens (including phenoxy) is 2. The van der Waals surface area contributed by atoms with E-state index in [4.69, 9.17) is 27.9 Å². The van der Waals surface area contributed by atoms with Crippen molar-refractivity contribution in [2.75, 3.05) is 39.6 Å². The highest BCUT2D eigenvalue weighted by Crippen LogP contribution is 2.28. The molecule has 0 bridgehead atoms. The number of halogens is 2. The quantitative estimate of drug-likeness (QED) is 0.223. The van der Waals surface area contributed by atoms with E-state index in [2.05, 4.69) is 40.9 Å². The summed E-state index contributed by atoms with van der Waals surface area (Å²) in [7, 11) is 3.48. The molecule has 3 aromatic rings. The number of hydrogen-bond donors (Lipinski definition) is 0.